The van der Waals surface area contributed by atoms with Gasteiger partial charge < -0.3 is 14.8 Å². The van der Waals surface area contributed by atoms with Gasteiger partial charge in [-0.15, -0.1) is 0 Å². The van der Waals surface area contributed by atoms with Gasteiger partial charge in [0.1, 0.15) is 6.61 Å². The molecule has 106 valence electrons. The van der Waals surface area contributed by atoms with Crippen molar-refractivity contribution in [1.29, 1.82) is 0 Å². The maximum atomic E-state index is 13.5. The molecule has 0 saturated carbocycles. The molecule has 1 aromatic carbocycles. The van der Waals surface area contributed by atoms with E-state index in [0.29, 0.717) is 29.8 Å². The second-order valence-corrected chi connectivity index (χ2v) is 5.63. The van der Waals surface area contributed by atoms with Crippen LogP contribution < -0.4 is 10.1 Å². The van der Waals surface area contributed by atoms with Crippen molar-refractivity contribution in [2.24, 2.45) is 0 Å². The van der Waals surface area contributed by atoms with Crippen LogP contribution in [0.2, 0.25) is 0 Å². The first-order valence-corrected chi connectivity index (χ1v) is 7.39. The topological polar surface area (TPSA) is 30.5 Å². The standard InChI is InChI=1S/C14H19BrFNO2/c1-10(13-3-2-7-18-13)17-6-8-19-14-5-4-11(15)9-12(14)16/h4-5,9-10,13,17H,2-3,6-8H2,1H3. The predicted molar refractivity (Wildman–Crippen MR) is 76.0 cm³/mol. The van der Waals surface area contributed by atoms with Crippen molar-refractivity contribution >= 4 is 15.9 Å². The predicted octanol–water partition coefficient (Wildman–Crippen LogP) is 3.12. The highest BCUT2D eigenvalue weighted by molar-refractivity contribution is 9.10. The fourth-order valence-corrected chi connectivity index (χ4v) is 2.50. The maximum absolute atomic E-state index is 13.5. The first-order chi connectivity index (χ1) is 9.16. The second-order valence-electron chi connectivity index (χ2n) is 4.72. The van der Waals surface area contributed by atoms with E-state index >= 15 is 0 Å². The minimum atomic E-state index is -0.346. The van der Waals surface area contributed by atoms with Crippen molar-refractivity contribution in [1.82, 2.24) is 5.32 Å². The van der Waals surface area contributed by atoms with Crippen molar-refractivity contribution < 1.29 is 13.9 Å². The molecule has 1 fully saturated rings. The molecule has 0 spiro atoms. The highest BCUT2D eigenvalue weighted by atomic mass is 79.9. The van der Waals surface area contributed by atoms with Gasteiger partial charge in [-0.3, -0.25) is 0 Å². The SMILES string of the molecule is CC(NCCOc1ccc(Br)cc1F)C1CCCO1. The summed E-state index contributed by atoms with van der Waals surface area (Å²) in [6.45, 7) is 4.08. The van der Waals surface area contributed by atoms with Crippen molar-refractivity contribution in [3.8, 4) is 5.75 Å². The van der Waals surface area contributed by atoms with Gasteiger partial charge in [-0.25, -0.2) is 4.39 Å². The van der Waals surface area contributed by atoms with Crippen molar-refractivity contribution in [2.45, 2.75) is 31.9 Å². The molecule has 0 aromatic heterocycles. The Morgan fingerprint density at radius 2 is 2.42 bits per heavy atom. The Labute approximate surface area is 121 Å². The Morgan fingerprint density at radius 3 is 3.11 bits per heavy atom. The molecular formula is C14H19BrFNO2. The van der Waals surface area contributed by atoms with Crippen LogP contribution >= 0.6 is 15.9 Å². The maximum Gasteiger partial charge on any atom is 0.166 e. The molecule has 1 aromatic rings. The summed E-state index contributed by atoms with van der Waals surface area (Å²) in [6, 6.07) is 5.10. The number of benzene rings is 1. The van der Waals surface area contributed by atoms with Gasteiger partial charge in [0.2, 0.25) is 0 Å². The van der Waals surface area contributed by atoms with Gasteiger partial charge in [-0.05, 0) is 38.0 Å². The lowest BCUT2D eigenvalue weighted by Crippen LogP contribution is -2.39. The average molecular weight is 332 g/mol. The average Bonchev–Trinajstić information content (AvgIpc) is 2.90. The third kappa shape index (κ3) is 4.44. The summed E-state index contributed by atoms with van der Waals surface area (Å²) in [5, 5.41) is 3.34. The van der Waals surface area contributed by atoms with Crippen molar-refractivity contribution in [3.63, 3.8) is 0 Å². The number of halogens is 2. The van der Waals surface area contributed by atoms with Crippen LogP contribution in [0.4, 0.5) is 4.39 Å². The molecule has 1 aliphatic rings. The molecule has 2 unspecified atom stereocenters. The van der Waals surface area contributed by atoms with Crippen LogP contribution in [0.15, 0.2) is 22.7 Å². The van der Waals surface area contributed by atoms with E-state index in [9.17, 15) is 4.39 Å². The van der Waals surface area contributed by atoms with Crippen LogP contribution in [-0.2, 0) is 4.74 Å². The Kier molecular flexibility index (Phi) is 5.60. The van der Waals surface area contributed by atoms with Gasteiger partial charge in [-0.1, -0.05) is 15.9 Å². The van der Waals surface area contributed by atoms with E-state index in [0.717, 1.165) is 19.4 Å². The zero-order valence-corrected chi connectivity index (χ0v) is 12.6. The molecule has 0 bridgehead atoms. The lowest BCUT2D eigenvalue weighted by molar-refractivity contribution is 0.0824. The number of nitrogens with one attached hydrogen (secondary N) is 1. The Balaban J connectivity index is 1.68. The molecule has 0 radical (unpaired) electrons. The smallest absolute Gasteiger partial charge is 0.166 e. The Hall–Kier alpha value is -0.650. The summed E-state index contributed by atoms with van der Waals surface area (Å²) in [5.74, 6) is -0.0590. The van der Waals surface area contributed by atoms with Gasteiger partial charge >= 0.3 is 0 Å². The molecule has 1 heterocycles. The summed E-state index contributed by atoms with van der Waals surface area (Å²) in [6.07, 6.45) is 2.54. The van der Waals surface area contributed by atoms with Crippen molar-refractivity contribution in [3.05, 3.63) is 28.5 Å². The number of ether oxygens (including phenoxy) is 2. The van der Waals surface area contributed by atoms with E-state index < -0.39 is 0 Å². The third-order valence-electron chi connectivity index (χ3n) is 3.24. The van der Waals surface area contributed by atoms with E-state index in [1.807, 2.05) is 0 Å². The summed E-state index contributed by atoms with van der Waals surface area (Å²) in [7, 11) is 0. The molecule has 3 nitrogen and oxygen atoms in total. The number of rotatable bonds is 6. The molecule has 0 aliphatic carbocycles. The van der Waals surface area contributed by atoms with Gasteiger partial charge in [0.05, 0.1) is 6.10 Å². The zero-order chi connectivity index (χ0) is 13.7. The van der Waals surface area contributed by atoms with E-state index in [2.05, 4.69) is 28.2 Å². The van der Waals surface area contributed by atoms with Crippen molar-refractivity contribution in [2.75, 3.05) is 19.8 Å². The molecule has 1 aliphatic heterocycles. The number of hydrogen-bond acceptors (Lipinski definition) is 3. The first-order valence-electron chi connectivity index (χ1n) is 6.59. The summed E-state index contributed by atoms with van der Waals surface area (Å²) >= 11 is 3.21. The summed E-state index contributed by atoms with van der Waals surface area (Å²) in [5.41, 5.74) is 0. The van der Waals surface area contributed by atoms with Gasteiger partial charge in [-0.2, -0.15) is 0 Å². The van der Waals surface area contributed by atoms with E-state index in [4.69, 9.17) is 9.47 Å². The fourth-order valence-electron chi connectivity index (χ4n) is 2.17. The minimum Gasteiger partial charge on any atom is -0.489 e. The van der Waals surface area contributed by atoms with E-state index in [1.54, 1.807) is 12.1 Å². The lowest BCUT2D eigenvalue weighted by Gasteiger charge is -2.20. The molecule has 5 heteroatoms. The molecule has 19 heavy (non-hydrogen) atoms. The monoisotopic (exact) mass is 331 g/mol. The number of hydrogen-bond donors (Lipinski definition) is 1. The van der Waals surface area contributed by atoms with Gasteiger partial charge in [0.25, 0.3) is 0 Å². The summed E-state index contributed by atoms with van der Waals surface area (Å²) in [4.78, 5) is 0. The van der Waals surface area contributed by atoms with Gasteiger partial charge in [0, 0.05) is 23.7 Å². The van der Waals surface area contributed by atoms with Crippen LogP contribution in [0, 0.1) is 5.82 Å². The quantitative estimate of drug-likeness (QED) is 0.812. The molecule has 1 saturated heterocycles. The van der Waals surface area contributed by atoms with Gasteiger partial charge in [0.15, 0.2) is 11.6 Å². The second kappa shape index (κ2) is 7.22. The lowest BCUT2D eigenvalue weighted by atomic mass is 10.1. The molecule has 0 amide bonds. The third-order valence-corrected chi connectivity index (χ3v) is 3.74. The largest absolute Gasteiger partial charge is 0.489 e. The summed E-state index contributed by atoms with van der Waals surface area (Å²) < 4.78 is 25.2. The molecule has 2 rings (SSSR count). The first kappa shape index (κ1) is 14.8. The normalized spacial score (nSPS) is 20.5. The van der Waals surface area contributed by atoms with Crippen LogP contribution in [0.5, 0.6) is 5.75 Å². The Bertz CT molecular complexity index is 410. The van der Waals surface area contributed by atoms with Crippen LogP contribution in [0.1, 0.15) is 19.8 Å². The van der Waals surface area contributed by atoms with Crippen LogP contribution in [0.25, 0.3) is 0 Å². The fraction of sp³-hybridized carbons (Fsp3) is 0.571. The Morgan fingerprint density at radius 1 is 1.58 bits per heavy atom. The molecular weight excluding hydrogens is 313 g/mol. The van der Waals surface area contributed by atoms with Crippen LogP contribution in [-0.4, -0.2) is 31.9 Å². The van der Waals surface area contributed by atoms with Crippen LogP contribution in [0.3, 0.4) is 0 Å². The van der Waals surface area contributed by atoms with E-state index in [-0.39, 0.29) is 11.6 Å². The zero-order valence-electron chi connectivity index (χ0n) is 11.0. The molecule has 2 atom stereocenters. The minimum absolute atomic E-state index is 0.287. The highest BCUT2D eigenvalue weighted by Gasteiger charge is 2.21. The highest BCUT2D eigenvalue weighted by Crippen LogP contribution is 2.21. The van der Waals surface area contributed by atoms with E-state index in [1.165, 1.54) is 6.07 Å². The molecule has 1 N–H and O–H groups in total.